The zero-order valence-corrected chi connectivity index (χ0v) is 13.6. The molecule has 3 aliphatic rings. The van der Waals surface area contributed by atoms with Gasteiger partial charge in [0.1, 0.15) is 0 Å². The van der Waals surface area contributed by atoms with Crippen LogP contribution in [0.3, 0.4) is 0 Å². The van der Waals surface area contributed by atoms with Crippen LogP contribution in [-0.4, -0.2) is 54.2 Å². The molecular formula is C17H26N2OS. The molecule has 1 aromatic rings. The summed E-state index contributed by atoms with van der Waals surface area (Å²) < 4.78 is 6.32. The summed E-state index contributed by atoms with van der Waals surface area (Å²) in [6.07, 6.45) is 6.50. The maximum Gasteiger partial charge on any atom is 0.0723 e. The molecule has 0 radical (unpaired) electrons. The topological polar surface area (TPSA) is 15.7 Å². The number of hydrogen-bond donors (Lipinski definition) is 0. The van der Waals surface area contributed by atoms with E-state index >= 15 is 0 Å². The summed E-state index contributed by atoms with van der Waals surface area (Å²) in [5, 5.41) is 4.46. The van der Waals surface area contributed by atoms with Gasteiger partial charge in [0.05, 0.1) is 12.2 Å². The zero-order valence-electron chi connectivity index (χ0n) is 12.8. The maximum absolute atomic E-state index is 6.32. The second-order valence-electron chi connectivity index (χ2n) is 7.00. The van der Waals surface area contributed by atoms with Gasteiger partial charge in [0, 0.05) is 25.7 Å². The summed E-state index contributed by atoms with van der Waals surface area (Å²) in [7, 11) is 0. The molecule has 0 aliphatic carbocycles. The van der Waals surface area contributed by atoms with Gasteiger partial charge in [0.2, 0.25) is 0 Å². The summed E-state index contributed by atoms with van der Waals surface area (Å²) in [5.41, 5.74) is 1.68. The third-order valence-electron chi connectivity index (χ3n) is 5.60. The Kier molecular flexibility index (Phi) is 4.05. The standard InChI is InChI=1S/C17H26N2OS/c1-2-7-19(6-1)16-11-17(20-13-16)4-8-18(9-5-17)12-15-3-10-21-14-15/h3,10,14,16H,1-2,4-9,11-13H2. The minimum Gasteiger partial charge on any atom is -0.373 e. The first-order chi connectivity index (χ1) is 10.3. The van der Waals surface area contributed by atoms with Gasteiger partial charge in [-0.1, -0.05) is 0 Å². The Morgan fingerprint density at radius 3 is 2.71 bits per heavy atom. The highest BCUT2D eigenvalue weighted by Gasteiger charge is 2.44. The van der Waals surface area contributed by atoms with Crippen molar-refractivity contribution in [3.63, 3.8) is 0 Å². The van der Waals surface area contributed by atoms with Crippen molar-refractivity contribution in [3.05, 3.63) is 22.4 Å². The van der Waals surface area contributed by atoms with E-state index in [9.17, 15) is 0 Å². The number of nitrogens with zero attached hydrogens (tertiary/aromatic N) is 2. The molecule has 21 heavy (non-hydrogen) atoms. The van der Waals surface area contributed by atoms with Crippen LogP contribution in [0.2, 0.25) is 0 Å². The van der Waals surface area contributed by atoms with E-state index in [-0.39, 0.29) is 5.60 Å². The Morgan fingerprint density at radius 1 is 1.19 bits per heavy atom. The number of likely N-dealkylation sites (tertiary alicyclic amines) is 2. The summed E-state index contributed by atoms with van der Waals surface area (Å²) in [6.45, 7) is 7.09. The van der Waals surface area contributed by atoms with Crippen molar-refractivity contribution >= 4 is 11.3 Å². The van der Waals surface area contributed by atoms with Gasteiger partial charge in [0.15, 0.2) is 0 Å². The summed E-state index contributed by atoms with van der Waals surface area (Å²) >= 11 is 1.80. The number of thiophene rings is 1. The van der Waals surface area contributed by atoms with E-state index < -0.39 is 0 Å². The Morgan fingerprint density at radius 2 is 2.00 bits per heavy atom. The molecule has 3 saturated heterocycles. The molecule has 0 N–H and O–H groups in total. The van der Waals surface area contributed by atoms with Crippen molar-refractivity contribution in [2.45, 2.75) is 50.3 Å². The molecule has 3 nitrogen and oxygen atoms in total. The minimum atomic E-state index is 0.207. The van der Waals surface area contributed by atoms with Crippen molar-refractivity contribution in [3.8, 4) is 0 Å². The second-order valence-corrected chi connectivity index (χ2v) is 7.78. The molecular weight excluding hydrogens is 280 g/mol. The van der Waals surface area contributed by atoms with E-state index in [1.807, 2.05) is 0 Å². The molecule has 0 saturated carbocycles. The predicted octanol–water partition coefficient (Wildman–Crippen LogP) is 2.97. The van der Waals surface area contributed by atoms with Crippen molar-refractivity contribution in [2.24, 2.45) is 0 Å². The second kappa shape index (κ2) is 5.99. The van der Waals surface area contributed by atoms with Crippen LogP contribution in [-0.2, 0) is 11.3 Å². The number of piperidine rings is 1. The smallest absolute Gasteiger partial charge is 0.0723 e. The average Bonchev–Trinajstić information content (AvgIpc) is 3.23. The average molecular weight is 306 g/mol. The fraction of sp³-hybridized carbons (Fsp3) is 0.765. The van der Waals surface area contributed by atoms with Gasteiger partial charge in [0.25, 0.3) is 0 Å². The first-order valence-corrected chi connectivity index (χ1v) is 9.39. The van der Waals surface area contributed by atoms with Crippen molar-refractivity contribution < 1.29 is 4.74 Å². The highest BCUT2D eigenvalue weighted by Crippen LogP contribution is 2.38. The quantitative estimate of drug-likeness (QED) is 0.854. The van der Waals surface area contributed by atoms with Gasteiger partial charge in [-0.05, 0) is 67.6 Å². The molecule has 0 aromatic carbocycles. The molecule has 4 heterocycles. The number of hydrogen-bond acceptors (Lipinski definition) is 4. The van der Waals surface area contributed by atoms with Crippen LogP contribution in [0.25, 0.3) is 0 Å². The van der Waals surface area contributed by atoms with Gasteiger partial charge < -0.3 is 4.74 Å². The van der Waals surface area contributed by atoms with Crippen LogP contribution >= 0.6 is 11.3 Å². The van der Waals surface area contributed by atoms with E-state index in [2.05, 4.69) is 26.6 Å². The molecule has 1 atom stereocenters. The molecule has 3 fully saturated rings. The van der Waals surface area contributed by atoms with E-state index in [1.54, 1.807) is 11.3 Å². The Hall–Kier alpha value is -0.420. The highest BCUT2D eigenvalue weighted by atomic mass is 32.1. The Bertz CT molecular complexity index is 447. The number of ether oxygens (including phenoxy) is 1. The highest BCUT2D eigenvalue weighted by molar-refractivity contribution is 7.07. The molecule has 3 aliphatic heterocycles. The molecule has 4 rings (SSSR count). The fourth-order valence-corrected chi connectivity index (χ4v) is 4.93. The van der Waals surface area contributed by atoms with E-state index in [1.165, 1.54) is 63.8 Å². The third-order valence-corrected chi connectivity index (χ3v) is 6.33. The molecule has 0 amide bonds. The van der Waals surface area contributed by atoms with Crippen LogP contribution in [0.1, 0.15) is 37.7 Å². The monoisotopic (exact) mass is 306 g/mol. The molecule has 1 spiro atoms. The first kappa shape index (κ1) is 14.2. The predicted molar refractivity (Wildman–Crippen MR) is 86.7 cm³/mol. The third kappa shape index (κ3) is 3.04. The van der Waals surface area contributed by atoms with Crippen LogP contribution in [0.5, 0.6) is 0 Å². The normalized spacial score (nSPS) is 30.4. The van der Waals surface area contributed by atoms with Crippen molar-refractivity contribution in [1.82, 2.24) is 9.80 Å². The maximum atomic E-state index is 6.32. The van der Waals surface area contributed by atoms with Crippen molar-refractivity contribution in [1.29, 1.82) is 0 Å². The van der Waals surface area contributed by atoms with Crippen LogP contribution in [0, 0.1) is 0 Å². The minimum absolute atomic E-state index is 0.207. The van der Waals surface area contributed by atoms with Crippen LogP contribution in [0.15, 0.2) is 16.8 Å². The molecule has 116 valence electrons. The Balaban J connectivity index is 1.30. The van der Waals surface area contributed by atoms with Gasteiger partial charge >= 0.3 is 0 Å². The lowest BCUT2D eigenvalue weighted by Crippen LogP contribution is -2.44. The summed E-state index contributed by atoms with van der Waals surface area (Å²) in [4.78, 5) is 5.27. The van der Waals surface area contributed by atoms with Gasteiger partial charge in [-0.15, -0.1) is 0 Å². The largest absolute Gasteiger partial charge is 0.373 e. The fourth-order valence-electron chi connectivity index (χ4n) is 4.27. The molecule has 4 heteroatoms. The van der Waals surface area contributed by atoms with Crippen LogP contribution < -0.4 is 0 Å². The zero-order chi connectivity index (χ0) is 14.1. The molecule has 1 unspecified atom stereocenters. The lowest BCUT2D eigenvalue weighted by Gasteiger charge is -2.39. The van der Waals surface area contributed by atoms with Gasteiger partial charge in [-0.25, -0.2) is 0 Å². The summed E-state index contributed by atoms with van der Waals surface area (Å²) in [6, 6.07) is 2.96. The van der Waals surface area contributed by atoms with E-state index in [4.69, 9.17) is 4.74 Å². The molecule has 0 bridgehead atoms. The summed E-state index contributed by atoms with van der Waals surface area (Å²) in [5.74, 6) is 0. The SMILES string of the molecule is c1cc(CN2CCC3(CC2)CC(N2CCCC2)CO3)cs1. The Labute approximate surface area is 131 Å². The van der Waals surface area contributed by atoms with E-state index in [0.717, 1.165) is 13.2 Å². The lowest BCUT2D eigenvalue weighted by molar-refractivity contribution is -0.0452. The lowest BCUT2D eigenvalue weighted by atomic mass is 9.87. The first-order valence-electron chi connectivity index (χ1n) is 8.44. The van der Waals surface area contributed by atoms with E-state index in [0.29, 0.717) is 6.04 Å². The van der Waals surface area contributed by atoms with Crippen molar-refractivity contribution in [2.75, 3.05) is 32.8 Å². The number of rotatable bonds is 3. The van der Waals surface area contributed by atoms with Gasteiger partial charge in [-0.2, -0.15) is 11.3 Å². The van der Waals surface area contributed by atoms with Gasteiger partial charge in [-0.3, -0.25) is 9.80 Å². The van der Waals surface area contributed by atoms with Crippen LogP contribution in [0.4, 0.5) is 0 Å². The molecule has 1 aromatic heterocycles.